The number of nitrogens with one attached hydrogen (secondary N) is 1. The third-order valence-corrected chi connectivity index (χ3v) is 2.00. The minimum absolute atomic E-state index is 0.750. The standard InChI is InChI=1S/C10H13N3O/c1-11-6-9-3-4-10(14-9)8-5-12-13(2)7-8/h3-5,7,11H,6H2,1-2H3. The Bertz CT molecular complexity index is 416. The lowest BCUT2D eigenvalue weighted by molar-refractivity contribution is 0.507. The molecule has 0 aliphatic heterocycles. The van der Waals surface area contributed by atoms with E-state index in [1.54, 1.807) is 10.9 Å². The topological polar surface area (TPSA) is 43.0 Å². The summed E-state index contributed by atoms with van der Waals surface area (Å²) in [6, 6.07) is 3.93. The molecule has 0 bridgehead atoms. The maximum absolute atomic E-state index is 5.61. The molecule has 0 saturated carbocycles. The van der Waals surface area contributed by atoms with Crippen molar-refractivity contribution in [3.8, 4) is 11.3 Å². The lowest BCUT2D eigenvalue weighted by Gasteiger charge is -1.93. The fourth-order valence-corrected chi connectivity index (χ4v) is 1.35. The van der Waals surface area contributed by atoms with Crippen molar-refractivity contribution in [3.63, 3.8) is 0 Å². The first-order chi connectivity index (χ1) is 6.79. The number of aryl methyl sites for hydroxylation is 1. The van der Waals surface area contributed by atoms with E-state index in [0.717, 1.165) is 23.6 Å². The van der Waals surface area contributed by atoms with Gasteiger partial charge < -0.3 is 9.73 Å². The predicted molar refractivity (Wildman–Crippen MR) is 53.7 cm³/mol. The summed E-state index contributed by atoms with van der Waals surface area (Å²) in [5, 5.41) is 7.13. The molecule has 2 rings (SSSR count). The van der Waals surface area contributed by atoms with Gasteiger partial charge in [0.2, 0.25) is 0 Å². The van der Waals surface area contributed by atoms with E-state index in [0.29, 0.717) is 0 Å². The smallest absolute Gasteiger partial charge is 0.137 e. The summed E-state index contributed by atoms with van der Waals surface area (Å²) in [7, 11) is 3.78. The first-order valence-electron chi connectivity index (χ1n) is 4.52. The van der Waals surface area contributed by atoms with Crippen LogP contribution in [0.4, 0.5) is 0 Å². The highest BCUT2D eigenvalue weighted by Gasteiger charge is 2.05. The molecule has 2 aromatic rings. The van der Waals surface area contributed by atoms with Crippen LogP contribution < -0.4 is 5.32 Å². The molecule has 2 heterocycles. The third kappa shape index (κ3) is 1.70. The molecule has 0 amide bonds. The van der Waals surface area contributed by atoms with Crippen LogP contribution in [0.25, 0.3) is 11.3 Å². The zero-order valence-corrected chi connectivity index (χ0v) is 8.32. The van der Waals surface area contributed by atoms with Gasteiger partial charge in [0, 0.05) is 13.2 Å². The van der Waals surface area contributed by atoms with Gasteiger partial charge in [0.15, 0.2) is 0 Å². The second-order valence-electron chi connectivity index (χ2n) is 3.20. The molecule has 4 nitrogen and oxygen atoms in total. The van der Waals surface area contributed by atoms with E-state index in [1.165, 1.54) is 0 Å². The van der Waals surface area contributed by atoms with Crippen LogP contribution in [0.1, 0.15) is 5.76 Å². The maximum Gasteiger partial charge on any atom is 0.137 e. The van der Waals surface area contributed by atoms with E-state index < -0.39 is 0 Å². The molecule has 0 spiro atoms. The molecule has 0 aliphatic rings. The van der Waals surface area contributed by atoms with Crippen molar-refractivity contribution in [2.75, 3.05) is 7.05 Å². The molecule has 0 fully saturated rings. The molecule has 0 saturated heterocycles. The number of nitrogens with zero attached hydrogens (tertiary/aromatic N) is 2. The molecule has 74 valence electrons. The van der Waals surface area contributed by atoms with Crippen LogP contribution in [0.5, 0.6) is 0 Å². The van der Waals surface area contributed by atoms with Crippen molar-refractivity contribution in [1.29, 1.82) is 0 Å². The largest absolute Gasteiger partial charge is 0.460 e. The third-order valence-electron chi connectivity index (χ3n) is 2.00. The Morgan fingerprint density at radius 3 is 3.00 bits per heavy atom. The van der Waals surface area contributed by atoms with Gasteiger partial charge in [-0.25, -0.2) is 0 Å². The average molecular weight is 191 g/mol. The zero-order chi connectivity index (χ0) is 9.97. The van der Waals surface area contributed by atoms with Crippen molar-refractivity contribution >= 4 is 0 Å². The number of hydrogen-bond acceptors (Lipinski definition) is 3. The van der Waals surface area contributed by atoms with Crippen LogP contribution in [-0.2, 0) is 13.6 Å². The monoisotopic (exact) mass is 191 g/mol. The van der Waals surface area contributed by atoms with E-state index in [4.69, 9.17) is 4.42 Å². The number of hydrogen-bond donors (Lipinski definition) is 1. The fraction of sp³-hybridized carbons (Fsp3) is 0.300. The quantitative estimate of drug-likeness (QED) is 0.797. The van der Waals surface area contributed by atoms with E-state index in [1.807, 2.05) is 32.4 Å². The van der Waals surface area contributed by atoms with Crippen LogP contribution >= 0.6 is 0 Å². The normalized spacial score (nSPS) is 10.7. The second kappa shape index (κ2) is 3.67. The Kier molecular flexibility index (Phi) is 2.37. The second-order valence-corrected chi connectivity index (χ2v) is 3.20. The van der Waals surface area contributed by atoms with Gasteiger partial charge in [0.25, 0.3) is 0 Å². The van der Waals surface area contributed by atoms with Crippen LogP contribution in [-0.4, -0.2) is 16.8 Å². The molecule has 0 aromatic carbocycles. The van der Waals surface area contributed by atoms with Crippen LogP contribution in [0, 0.1) is 0 Å². The van der Waals surface area contributed by atoms with Crippen molar-refractivity contribution in [1.82, 2.24) is 15.1 Å². The number of furan rings is 1. The van der Waals surface area contributed by atoms with Gasteiger partial charge in [-0.05, 0) is 19.2 Å². The van der Waals surface area contributed by atoms with Crippen LogP contribution in [0.3, 0.4) is 0 Å². The SMILES string of the molecule is CNCc1ccc(-c2cnn(C)c2)o1. The van der Waals surface area contributed by atoms with Gasteiger partial charge in [0.05, 0.1) is 18.3 Å². The van der Waals surface area contributed by atoms with E-state index in [2.05, 4.69) is 10.4 Å². The first-order valence-corrected chi connectivity index (χ1v) is 4.52. The highest BCUT2D eigenvalue weighted by molar-refractivity contribution is 5.55. The van der Waals surface area contributed by atoms with E-state index in [9.17, 15) is 0 Å². The fourth-order valence-electron chi connectivity index (χ4n) is 1.35. The van der Waals surface area contributed by atoms with Crippen molar-refractivity contribution < 1.29 is 4.42 Å². The molecule has 0 atom stereocenters. The minimum Gasteiger partial charge on any atom is -0.460 e. The van der Waals surface area contributed by atoms with Crippen molar-refractivity contribution in [2.24, 2.45) is 7.05 Å². The van der Waals surface area contributed by atoms with Gasteiger partial charge in [-0.1, -0.05) is 0 Å². The predicted octanol–water partition coefficient (Wildman–Crippen LogP) is 1.40. The van der Waals surface area contributed by atoms with Crippen molar-refractivity contribution in [3.05, 3.63) is 30.3 Å². The first kappa shape index (κ1) is 9.02. The zero-order valence-electron chi connectivity index (χ0n) is 8.32. The van der Waals surface area contributed by atoms with E-state index in [-0.39, 0.29) is 0 Å². The van der Waals surface area contributed by atoms with Crippen LogP contribution in [0.15, 0.2) is 28.9 Å². The highest BCUT2D eigenvalue weighted by atomic mass is 16.3. The Labute approximate surface area is 82.5 Å². The summed E-state index contributed by atoms with van der Waals surface area (Å²) in [5.41, 5.74) is 1.01. The summed E-state index contributed by atoms with van der Waals surface area (Å²) in [6.45, 7) is 0.750. The van der Waals surface area contributed by atoms with Crippen LogP contribution in [0.2, 0.25) is 0 Å². The highest BCUT2D eigenvalue weighted by Crippen LogP contribution is 2.20. The molecule has 4 heteroatoms. The lowest BCUT2D eigenvalue weighted by Crippen LogP contribution is -2.03. The summed E-state index contributed by atoms with van der Waals surface area (Å²) in [4.78, 5) is 0. The van der Waals surface area contributed by atoms with Gasteiger partial charge >= 0.3 is 0 Å². The Morgan fingerprint density at radius 2 is 2.36 bits per heavy atom. The maximum atomic E-state index is 5.61. The Balaban J connectivity index is 2.24. The molecule has 2 aromatic heterocycles. The summed E-state index contributed by atoms with van der Waals surface area (Å²) in [5.74, 6) is 1.80. The summed E-state index contributed by atoms with van der Waals surface area (Å²) >= 11 is 0. The lowest BCUT2D eigenvalue weighted by atomic mass is 10.3. The molecule has 14 heavy (non-hydrogen) atoms. The van der Waals surface area contributed by atoms with Crippen molar-refractivity contribution in [2.45, 2.75) is 6.54 Å². The molecular formula is C10H13N3O. The summed E-state index contributed by atoms with van der Waals surface area (Å²) in [6.07, 6.45) is 3.73. The van der Waals surface area contributed by atoms with Gasteiger partial charge in [-0.3, -0.25) is 4.68 Å². The number of rotatable bonds is 3. The molecule has 0 unspecified atom stereocenters. The molecule has 0 radical (unpaired) electrons. The minimum atomic E-state index is 0.750. The van der Waals surface area contributed by atoms with Gasteiger partial charge in [-0.15, -0.1) is 0 Å². The number of aromatic nitrogens is 2. The molecule has 0 aliphatic carbocycles. The average Bonchev–Trinajstić information content (AvgIpc) is 2.74. The summed E-state index contributed by atoms with van der Waals surface area (Å²) < 4.78 is 7.37. The Morgan fingerprint density at radius 1 is 1.50 bits per heavy atom. The van der Waals surface area contributed by atoms with Gasteiger partial charge in [-0.2, -0.15) is 5.10 Å². The Hall–Kier alpha value is -1.55. The molecular weight excluding hydrogens is 178 g/mol. The van der Waals surface area contributed by atoms with Gasteiger partial charge in [0.1, 0.15) is 11.5 Å². The van der Waals surface area contributed by atoms with E-state index >= 15 is 0 Å². The molecule has 1 N–H and O–H groups in total.